The Balaban J connectivity index is 1.30. The van der Waals surface area contributed by atoms with E-state index in [0.29, 0.717) is 16.5 Å². The van der Waals surface area contributed by atoms with E-state index in [1.165, 1.54) is 0 Å². The second kappa shape index (κ2) is 12.4. The number of carbonyl (C=O) groups is 1. The number of halogens is 1. The number of anilines is 2. The Labute approximate surface area is 264 Å². The third-order valence-corrected chi connectivity index (χ3v) is 8.36. The molecule has 0 radical (unpaired) electrons. The highest BCUT2D eigenvalue weighted by Gasteiger charge is 2.42. The average Bonchev–Trinajstić information content (AvgIpc) is 3.52. The first-order valence-electron chi connectivity index (χ1n) is 13.9. The Kier molecular flexibility index (Phi) is 8.26. The van der Waals surface area contributed by atoms with Gasteiger partial charge in [-0.2, -0.15) is 0 Å². The Hall–Kier alpha value is -4.47. The van der Waals surface area contributed by atoms with Crippen molar-refractivity contribution >= 4 is 50.5 Å². The minimum absolute atomic E-state index is 0.0757. The van der Waals surface area contributed by atoms with Gasteiger partial charge in [-0.25, -0.2) is 0 Å². The fourth-order valence-electron chi connectivity index (χ4n) is 5.59. The largest absolute Gasteiger partial charge is 0.484 e. The van der Waals surface area contributed by atoms with Gasteiger partial charge in [-0.1, -0.05) is 40.2 Å². The molecule has 2 atom stereocenters. The molecule has 0 bridgehead atoms. The zero-order valence-electron chi connectivity index (χ0n) is 23.7. The van der Waals surface area contributed by atoms with E-state index in [2.05, 4.69) is 80.2 Å². The van der Waals surface area contributed by atoms with E-state index in [9.17, 15) is 4.79 Å². The van der Waals surface area contributed by atoms with Crippen molar-refractivity contribution in [2.75, 3.05) is 16.8 Å². The number of benzene rings is 3. The number of aryl methyl sites for hydroxylation is 1. The lowest BCUT2D eigenvalue weighted by atomic mass is 9.96. The Bertz CT molecular complexity index is 1740. The zero-order chi connectivity index (χ0) is 29.9. The second-order valence-electron chi connectivity index (χ2n) is 10.3. The molecule has 1 aliphatic rings. The molecule has 1 amide bonds. The number of ether oxygens (including phenoxy) is 1. The maximum absolute atomic E-state index is 12.5. The van der Waals surface area contributed by atoms with Crippen LogP contribution in [0.1, 0.15) is 34.7 Å². The number of carbonyl (C=O) groups excluding carboxylic acids is 1. The Morgan fingerprint density at radius 3 is 2.35 bits per heavy atom. The molecule has 3 aromatic carbocycles. The minimum atomic E-state index is -0.233. The van der Waals surface area contributed by atoms with E-state index < -0.39 is 0 Å². The summed E-state index contributed by atoms with van der Waals surface area (Å²) in [6.45, 7) is 4.20. The zero-order valence-corrected chi connectivity index (χ0v) is 26.1. The topological polar surface area (TPSA) is 71.4 Å². The SMILES string of the molecule is Cc1cc([C@H]2[C@@H](c3ccccn3)NC(=S)N2c2ccc(NC(=O)COc3ccccc3)cc2)c(C)n1-c1ccc(Br)cc1. The summed E-state index contributed by atoms with van der Waals surface area (Å²) in [5.74, 6) is 0.416. The van der Waals surface area contributed by atoms with Crippen LogP contribution < -0.4 is 20.3 Å². The highest BCUT2D eigenvalue weighted by atomic mass is 79.9. The van der Waals surface area contributed by atoms with Gasteiger partial charge >= 0.3 is 0 Å². The number of pyridine rings is 1. The molecule has 0 unspecified atom stereocenters. The molecular weight excluding hydrogens is 622 g/mol. The third kappa shape index (κ3) is 6.04. The molecule has 7 nitrogen and oxygen atoms in total. The minimum Gasteiger partial charge on any atom is -0.484 e. The van der Waals surface area contributed by atoms with Crippen molar-refractivity contribution in [3.05, 3.63) is 136 Å². The summed E-state index contributed by atoms with van der Waals surface area (Å²) in [5.41, 5.74) is 7.00. The van der Waals surface area contributed by atoms with Crippen LogP contribution in [0.4, 0.5) is 11.4 Å². The molecule has 1 fully saturated rings. The number of para-hydroxylation sites is 1. The van der Waals surface area contributed by atoms with Crippen LogP contribution in [0.3, 0.4) is 0 Å². The average molecular weight is 653 g/mol. The van der Waals surface area contributed by atoms with Crippen LogP contribution in [0.15, 0.2) is 114 Å². The van der Waals surface area contributed by atoms with E-state index in [1.54, 1.807) is 0 Å². The van der Waals surface area contributed by atoms with Crippen LogP contribution >= 0.6 is 28.1 Å². The van der Waals surface area contributed by atoms with Gasteiger partial charge in [0.25, 0.3) is 5.91 Å². The van der Waals surface area contributed by atoms with Gasteiger partial charge in [0.15, 0.2) is 11.7 Å². The third-order valence-electron chi connectivity index (χ3n) is 7.51. The standard InChI is InChI=1S/C34H30BrN5O2S/c1-22-20-29(23(2)39(22)26-15-11-24(35)12-16-26)33-32(30-10-6-7-19-36-30)38-34(43)40(33)27-17-13-25(14-18-27)37-31(41)21-42-28-8-4-3-5-9-28/h3-20,32-33H,21H2,1-2H3,(H,37,41)(H,38,43)/t32-,33+/m1/s1. The highest BCUT2D eigenvalue weighted by Crippen LogP contribution is 2.44. The first-order chi connectivity index (χ1) is 20.9. The summed E-state index contributed by atoms with van der Waals surface area (Å²) < 4.78 is 8.89. The molecule has 0 saturated carbocycles. The van der Waals surface area contributed by atoms with Crippen LogP contribution in [0.5, 0.6) is 5.75 Å². The summed E-state index contributed by atoms with van der Waals surface area (Å²) in [6, 6.07) is 33.2. The summed E-state index contributed by atoms with van der Waals surface area (Å²) >= 11 is 9.49. The molecular formula is C34H30BrN5O2S. The lowest BCUT2D eigenvalue weighted by Gasteiger charge is -2.28. The highest BCUT2D eigenvalue weighted by molar-refractivity contribution is 9.10. The fourth-order valence-corrected chi connectivity index (χ4v) is 6.20. The first-order valence-corrected chi connectivity index (χ1v) is 15.1. The molecule has 9 heteroatoms. The number of hydrogen-bond acceptors (Lipinski definition) is 4. The van der Waals surface area contributed by atoms with Gasteiger partial charge in [0.05, 0.1) is 17.8 Å². The van der Waals surface area contributed by atoms with Crippen molar-refractivity contribution in [3.8, 4) is 11.4 Å². The van der Waals surface area contributed by atoms with E-state index in [1.807, 2.05) is 79.0 Å². The molecule has 43 heavy (non-hydrogen) atoms. The number of nitrogens with zero attached hydrogens (tertiary/aromatic N) is 3. The van der Waals surface area contributed by atoms with Crippen LogP contribution in [-0.2, 0) is 4.79 Å². The Morgan fingerprint density at radius 1 is 0.953 bits per heavy atom. The van der Waals surface area contributed by atoms with Crippen LogP contribution in [0.2, 0.25) is 0 Å². The maximum Gasteiger partial charge on any atom is 0.262 e. The van der Waals surface area contributed by atoms with Gasteiger partial charge in [0.2, 0.25) is 0 Å². The number of amides is 1. The van der Waals surface area contributed by atoms with Crippen LogP contribution in [0.25, 0.3) is 5.69 Å². The van der Waals surface area contributed by atoms with Gasteiger partial charge in [-0.3, -0.25) is 9.78 Å². The monoisotopic (exact) mass is 651 g/mol. The second-order valence-corrected chi connectivity index (χ2v) is 11.6. The Morgan fingerprint density at radius 2 is 1.65 bits per heavy atom. The van der Waals surface area contributed by atoms with Crippen molar-refractivity contribution < 1.29 is 9.53 Å². The normalized spacial score (nSPS) is 16.2. The van der Waals surface area contributed by atoms with Gasteiger partial charge in [0.1, 0.15) is 5.75 Å². The molecule has 3 heterocycles. The quantitative estimate of drug-likeness (QED) is 0.170. The van der Waals surface area contributed by atoms with Crippen LogP contribution in [-0.4, -0.2) is 27.2 Å². The van der Waals surface area contributed by atoms with Gasteiger partial charge < -0.3 is 24.8 Å². The fraction of sp³-hybridized carbons (Fsp3) is 0.147. The number of thiocarbonyl (C=S) groups is 1. The molecule has 5 aromatic rings. The summed E-state index contributed by atoms with van der Waals surface area (Å²) in [4.78, 5) is 19.4. The van der Waals surface area contributed by atoms with Crippen molar-refractivity contribution in [1.29, 1.82) is 0 Å². The van der Waals surface area contributed by atoms with Crippen molar-refractivity contribution in [2.45, 2.75) is 25.9 Å². The predicted molar refractivity (Wildman–Crippen MR) is 178 cm³/mol. The molecule has 0 spiro atoms. The molecule has 2 N–H and O–H groups in total. The number of rotatable bonds is 8. The van der Waals surface area contributed by atoms with E-state index in [-0.39, 0.29) is 24.6 Å². The van der Waals surface area contributed by atoms with Crippen LogP contribution in [0, 0.1) is 13.8 Å². The van der Waals surface area contributed by atoms with Crippen molar-refractivity contribution in [2.24, 2.45) is 0 Å². The van der Waals surface area contributed by atoms with Crippen molar-refractivity contribution in [3.63, 3.8) is 0 Å². The van der Waals surface area contributed by atoms with Gasteiger partial charge in [0, 0.05) is 39.1 Å². The van der Waals surface area contributed by atoms with Crippen molar-refractivity contribution in [1.82, 2.24) is 14.9 Å². The lowest BCUT2D eigenvalue weighted by Crippen LogP contribution is -2.29. The molecule has 6 rings (SSSR count). The smallest absolute Gasteiger partial charge is 0.262 e. The molecule has 2 aromatic heterocycles. The first kappa shape index (κ1) is 28.6. The van der Waals surface area contributed by atoms with Gasteiger partial charge in [-0.15, -0.1) is 0 Å². The number of aromatic nitrogens is 2. The number of nitrogens with one attached hydrogen (secondary N) is 2. The molecule has 1 aliphatic heterocycles. The maximum atomic E-state index is 12.5. The van der Waals surface area contributed by atoms with E-state index in [0.717, 1.165) is 38.5 Å². The van der Waals surface area contributed by atoms with E-state index in [4.69, 9.17) is 21.9 Å². The molecule has 216 valence electrons. The summed E-state index contributed by atoms with van der Waals surface area (Å²) in [5, 5.41) is 7.07. The van der Waals surface area contributed by atoms with Gasteiger partial charge in [-0.05, 0) is 110 Å². The lowest BCUT2D eigenvalue weighted by molar-refractivity contribution is -0.118. The molecule has 1 saturated heterocycles. The van der Waals surface area contributed by atoms with E-state index >= 15 is 0 Å². The predicted octanol–water partition coefficient (Wildman–Crippen LogP) is 7.45. The summed E-state index contributed by atoms with van der Waals surface area (Å²) in [7, 11) is 0. The number of hydrogen-bond donors (Lipinski definition) is 2. The molecule has 0 aliphatic carbocycles. The summed E-state index contributed by atoms with van der Waals surface area (Å²) in [6.07, 6.45) is 1.81.